The van der Waals surface area contributed by atoms with Crippen molar-refractivity contribution in [1.82, 2.24) is 25.5 Å². The minimum Gasteiger partial charge on any atom is -0.336 e. The molecule has 0 radical (unpaired) electrons. The highest BCUT2D eigenvalue weighted by molar-refractivity contribution is 7.99. The molecule has 0 spiro atoms. The van der Waals surface area contributed by atoms with Crippen molar-refractivity contribution in [1.29, 1.82) is 0 Å². The number of aromatic nitrogens is 3. The number of nitrogens with one attached hydrogen (secondary N) is 2. The van der Waals surface area contributed by atoms with E-state index < -0.39 is 11.9 Å². The molecule has 1 aromatic heterocycles. The number of halogens is 2. The summed E-state index contributed by atoms with van der Waals surface area (Å²) in [7, 11) is 0. The molecule has 0 unspecified atom stereocenters. The van der Waals surface area contributed by atoms with Gasteiger partial charge in [-0.2, -0.15) is 0 Å². The molecule has 0 atom stereocenters. The topological polar surface area (TPSA) is 115 Å². The van der Waals surface area contributed by atoms with Crippen LogP contribution in [0.2, 0.25) is 10.0 Å². The lowest BCUT2D eigenvalue weighted by Crippen LogP contribution is -2.43. The van der Waals surface area contributed by atoms with E-state index in [1.165, 1.54) is 4.68 Å². The Hall–Kier alpha value is -1.97. The Morgan fingerprint density at radius 3 is 2.68 bits per heavy atom. The van der Waals surface area contributed by atoms with Gasteiger partial charge in [-0.15, -0.1) is 10.2 Å². The number of nitrogens with zero attached hydrogens (tertiary/aromatic N) is 3. The number of nitrogen functional groups attached to an aromatic ring is 1. The highest BCUT2D eigenvalue weighted by Gasteiger charge is 2.17. The molecule has 0 aliphatic heterocycles. The Kier molecular flexibility index (Phi) is 6.51. The maximum absolute atomic E-state index is 11.8. The summed E-state index contributed by atoms with van der Waals surface area (Å²) in [6, 6.07) is 4.28. The lowest BCUT2D eigenvalue weighted by molar-refractivity contribution is -0.117. The van der Waals surface area contributed by atoms with E-state index in [-0.39, 0.29) is 11.8 Å². The maximum Gasteiger partial charge on any atom is 0.321 e. The first-order valence-corrected chi connectivity index (χ1v) is 8.91. The van der Waals surface area contributed by atoms with Gasteiger partial charge in [0, 0.05) is 16.6 Å². The van der Waals surface area contributed by atoms with Crippen molar-refractivity contribution in [2.75, 3.05) is 11.6 Å². The molecule has 4 N–H and O–H groups in total. The van der Waals surface area contributed by atoms with E-state index in [0.717, 1.165) is 11.8 Å². The molecule has 0 aliphatic carbocycles. The van der Waals surface area contributed by atoms with Gasteiger partial charge in [-0.1, -0.05) is 35.0 Å². The van der Waals surface area contributed by atoms with Crippen LogP contribution in [-0.2, 0) is 4.79 Å². The van der Waals surface area contributed by atoms with Crippen molar-refractivity contribution < 1.29 is 9.59 Å². The molecule has 0 bridgehead atoms. The highest BCUT2D eigenvalue weighted by Crippen LogP contribution is 2.30. The van der Waals surface area contributed by atoms with Gasteiger partial charge in [-0.3, -0.25) is 10.1 Å². The predicted molar refractivity (Wildman–Crippen MR) is 98.2 cm³/mol. The van der Waals surface area contributed by atoms with Crippen LogP contribution >= 0.6 is 35.0 Å². The molecule has 11 heteroatoms. The van der Waals surface area contributed by atoms with Crippen molar-refractivity contribution in [2.45, 2.75) is 25.0 Å². The van der Waals surface area contributed by atoms with Gasteiger partial charge in [-0.25, -0.2) is 9.47 Å². The van der Waals surface area contributed by atoms with Crippen LogP contribution in [0.5, 0.6) is 0 Å². The Bertz CT molecular complexity index is 796. The normalized spacial score (nSPS) is 10.8. The fourth-order valence-electron chi connectivity index (χ4n) is 1.82. The van der Waals surface area contributed by atoms with Crippen molar-refractivity contribution in [2.24, 2.45) is 0 Å². The maximum atomic E-state index is 11.8. The summed E-state index contributed by atoms with van der Waals surface area (Å²) in [6.45, 7) is 3.58. The van der Waals surface area contributed by atoms with Crippen molar-refractivity contribution in [3.05, 3.63) is 28.2 Å². The number of carbonyl (C=O) groups excluding carboxylic acids is 2. The minimum absolute atomic E-state index is 0.0464. The zero-order chi connectivity index (χ0) is 18.6. The summed E-state index contributed by atoms with van der Waals surface area (Å²) in [5, 5.41) is 13.9. The molecule has 134 valence electrons. The summed E-state index contributed by atoms with van der Waals surface area (Å²) >= 11 is 13.0. The van der Waals surface area contributed by atoms with Crippen LogP contribution in [0.4, 0.5) is 4.79 Å². The standard InChI is InChI=1S/C14H16Cl2N6O2S/c1-7(2)18-13(24)19-11(23)6-25-14-21-20-12(22(14)17)9-4-3-8(15)5-10(9)16/h3-5,7H,6,17H2,1-2H3,(H2,18,19,23,24). The minimum atomic E-state index is -0.552. The smallest absolute Gasteiger partial charge is 0.321 e. The van der Waals surface area contributed by atoms with Crippen LogP contribution in [-0.4, -0.2) is 38.6 Å². The zero-order valence-corrected chi connectivity index (χ0v) is 15.7. The molecule has 25 heavy (non-hydrogen) atoms. The van der Waals surface area contributed by atoms with Crippen molar-refractivity contribution in [3.63, 3.8) is 0 Å². The van der Waals surface area contributed by atoms with E-state index in [1.54, 1.807) is 32.0 Å². The number of hydrogen-bond donors (Lipinski definition) is 3. The first-order chi connectivity index (χ1) is 11.8. The largest absolute Gasteiger partial charge is 0.336 e. The van der Waals surface area contributed by atoms with Gasteiger partial charge in [0.1, 0.15) is 0 Å². The van der Waals surface area contributed by atoms with Crippen LogP contribution in [0.15, 0.2) is 23.4 Å². The third-order valence-electron chi connectivity index (χ3n) is 2.84. The summed E-state index contributed by atoms with van der Waals surface area (Å²) in [5.74, 6) is 5.78. The fourth-order valence-corrected chi connectivity index (χ4v) is 2.97. The zero-order valence-electron chi connectivity index (χ0n) is 13.4. The molecule has 8 nitrogen and oxygen atoms in total. The van der Waals surface area contributed by atoms with E-state index in [2.05, 4.69) is 20.8 Å². The average molecular weight is 403 g/mol. The second-order valence-corrected chi connectivity index (χ2v) is 7.05. The fraction of sp³-hybridized carbons (Fsp3) is 0.286. The molecular weight excluding hydrogens is 387 g/mol. The molecule has 0 saturated heterocycles. The molecule has 2 aromatic rings. The number of nitrogens with two attached hydrogens (primary N) is 1. The molecule has 1 aromatic carbocycles. The summed E-state index contributed by atoms with van der Waals surface area (Å²) in [5.41, 5.74) is 0.564. The Balaban J connectivity index is 2.02. The van der Waals surface area contributed by atoms with Crippen LogP contribution < -0.4 is 16.5 Å². The van der Waals surface area contributed by atoms with Gasteiger partial charge in [0.2, 0.25) is 11.1 Å². The van der Waals surface area contributed by atoms with Gasteiger partial charge in [0.05, 0.1) is 10.8 Å². The molecule has 2 rings (SSSR count). The van der Waals surface area contributed by atoms with Crippen molar-refractivity contribution >= 4 is 46.9 Å². The van der Waals surface area contributed by atoms with Gasteiger partial charge >= 0.3 is 6.03 Å². The molecular formula is C14H16Cl2N6O2S. The van der Waals surface area contributed by atoms with Crippen LogP contribution in [0, 0.1) is 0 Å². The monoisotopic (exact) mass is 402 g/mol. The van der Waals surface area contributed by atoms with Crippen molar-refractivity contribution in [3.8, 4) is 11.4 Å². The van der Waals surface area contributed by atoms with Crippen LogP contribution in [0.3, 0.4) is 0 Å². The van der Waals surface area contributed by atoms with Crippen LogP contribution in [0.1, 0.15) is 13.8 Å². The number of urea groups is 1. The summed E-state index contributed by atoms with van der Waals surface area (Å²) < 4.78 is 1.22. The summed E-state index contributed by atoms with van der Waals surface area (Å²) in [4.78, 5) is 23.2. The third-order valence-corrected chi connectivity index (χ3v) is 4.33. The molecule has 0 saturated carbocycles. The Morgan fingerprint density at radius 2 is 2.04 bits per heavy atom. The summed E-state index contributed by atoms with van der Waals surface area (Å²) in [6.07, 6.45) is 0. The average Bonchev–Trinajstić information content (AvgIpc) is 2.85. The lowest BCUT2D eigenvalue weighted by atomic mass is 10.2. The number of carbonyl (C=O) groups is 2. The first-order valence-electron chi connectivity index (χ1n) is 7.17. The van der Waals surface area contributed by atoms with E-state index >= 15 is 0 Å². The molecule has 0 fully saturated rings. The Morgan fingerprint density at radius 1 is 1.32 bits per heavy atom. The van der Waals surface area contributed by atoms with E-state index in [0.29, 0.717) is 26.6 Å². The molecule has 3 amide bonds. The number of amides is 3. The van der Waals surface area contributed by atoms with Gasteiger partial charge < -0.3 is 11.2 Å². The van der Waals surface area contributed by atoms with Gasteiger partial charge in [-0.05, 0) is 32.0 Å². The van der Waals surface area contributed by atoms with E-state index in [1.807, 2.05) is 0 Å². The third kappa shape index (κ3) is 5.25. The lowest BCUT2D eigenvalue weighted by Gasteiger charge is -2.09. The number of benzene rings is 1. The second kappa shape index (κ2) is 8.41. The SMILES string of the molecule is CC(C)NC(=O)NC(=O)CSc1nnc(-c2ccc(Cl)cc2Cl)n1N. The quantitative estimate of drug-likeness (QED) is 0.521. The Labute approximate surface area is 158 Å². The second-order valence-electron chi connectivity index (χ2n) is 5.27. The number of hydrogen-bond acceptors (Lipinski definition) is 6. The molecule has 0 aliphatic rings. The highest BCUT2D eigenvalue weighted by atomic mass is 35.5. The number of imide groups is 1. The number of rotatable bonds is 5. The van der Waals surface area contributed by atoms with E-state index in [9.17, 15) is 9.59 Å². The van der Waals surface area contributed by atoms with Gasteiger partial charge in [0.15, 0.2) is 5.82 Å². The predicted octanol–water partition coefficient (Wildman–Crippen LogP) is 2.29. The number of thioether (sulfide) groups is 1. The van der Waals surface area contributed by atoms with E-state index in [4.69, 9.17) is 29.0 Å². The first kappa shape index (κ1) is 19.4. The molecule has 1 heterocycles. The van der Waals surface area contributed by atoms with Gasteiger partial charge in [0.25, 0.3) is 0 Å². The van der Waals surface area contributed by atoms with Crippen LogP contribution in [0.25, 0.3) is 11.4 Å².